The van der Waals surface area contributed by atoms with Crippen LogP contribution < -0.4 is 9.47 Å². The van der Waals surface area contributed by atoms with Crippen molar-refractivity contribution < 1.29 is 38.0 Å². The van der Waals surface area contributed by atoms with E-state index in [-0.39, 0.29) is 24.8 Å². The monoisotopic (exact) mass is 502 g/mol. The van der Waals surface area contributed by atoms with E-state index in [0.29, 0.717) is 37.7 Å². The third kappa shape index (κ3) is 7.29. The number of aliphatic hydroxyl groups is 1. The Morgan fingerprint density at radius 3 is 2.36 bits per heavy atom. The average molecular weight is 503 g/mol. The number of carbonyl (C=O) groups excluding carboxylic acids is 1. The summed E-state index contributed by atoms with van der Waals surface area (Å²) in [6.45, 7) is 5.50. The second-order valence-corrected chi connectivity index (χ2v) is 8.91. The molecule has 1 fully saturated rings. The van der Waals surface area contributed by atoms with Crippen molar-refractivity contribution in [3.8, 4) is 22.6 Å². The molecule has 1 saturated heterocycles. The molecular formula is C28H35FO7. The molecule has 2 atom stereocenters. The van der Waals surface area contributed by atoms with Crippen LogP contribution in [0.3, 0.4) is 0 Å². The molecule has 1 N–H and O–H groups in total. The van der Waals surface area contributed by atoms with Gasteiger partial charge < -0.3 is 28.8 Å². The van der Waals surface area contributed by atoms with Gasteiger partial charge in [-0.15, -0.1) is 0 Å². The lowest BCUT2D eigenvalue weighted by molar-refractivity contribution is -0.156. The third-order valence-electron chi connectivity index (χ3n) is 5.82. The lowest BCUT2D eigenvalue weighted by Crippen LogP contribution is -2.31. The first-order chi connectivity index (χ1) is 17.3. The van der Waals surface area contributed by atoms with E-state index in [0.717, 1.165) is 22.3 Å². The standard InChI is InChI=1S/C28H35FO7/c1-18(2)24-17-25(34-13-11-32-3)28(35-14-12-33-4)27(19-5-7-20(29)8-6-19)23(24)10-9-22-15-21(30)16-26(31)36-22/h5-10,17-18,21-22,30H,11-16H2,1-4H3/t21-,22-/m1/s1. The van der Waals surface area contributed by atoms with E-state index < -0.39 is 18.2 Å². The number of methoxy groups -OCH3 is 2. The van der Waals surface area contributed by atoms with E-state index in [1.807, 2.05) is 12.1 Å². The highest BCUT2D eigenvalue weighted by Gasteiger charge is 2.27. The summed E-state index contributed by atoms with van der Waals surface area (Å²) in [6.07, 6.45) is 2.67. The maximum absolute atomic E-state index is 13.8. The summed E-state index contributed by atoms with van der Waals surface area (Å²) in [5, 5.41) is 10.0. The Labute approximate surface area is 211 Å². The number of hydrogen-bond donors (Lipinski definition) is 1. The molecule has 7 nitrogen and oxygen atoms in total. The predicted octanol–water partition coefficient (Wildman–Crippen LogP) is 4.75. The Morgan fingerprint density at radius 2 is 1.75 bits per heavy atom. The van der Waals surface area contributed by atoms with Gasteiger partial charge in [0.25, 0.3) is 0 Å². The first kappa shape index (κ1) is 27.6. The molecule has 0 unspecified atom stereocenters. The molecule has 0 radical (unpaired) electrons. The number of halogens is 1. The zero-order chi connectivity index (χ0) is 26.1. The van der Waals surface area contributed by atoms with Crippen LogP contribution >= 0.6 is 0 Å². The Morgan fingerprint density at radius 1 is 1.08 bits per heavy atom. The van der Waals surface area contributed by atoms with Gasteiger partial charge in [-0.25, -0.2) is 4.39 Å². The summed E-state index contributed by atoms with van der Waals surface area (Å²) in [5.74, 6) is 0.359. The number of aliphatic hydroxyl groups excluding tert-OH is 1. The summed E-state index contributed by atoms with van der Waals surface area (Å²) >= 11 is 0. The number of cyclic esters (lactones) is 1. The number of esters is 1. The number of benzene rings is 2. The van der Waals surface area contributed by atoms with Gasteiger partial charge in [0.15, 0.2) is 11.5 Å². The fourth-order valence-corrected chi connectivity index (χ4v) is 4.08. The summed E-state index contributed by atoms with van der Waals surface area (Å²) < 4.78 is 41.8. The Bertz CT molecular complexity index is 1030. The Kier molecular flexibility index (Phi) is 10.3. The lowest BCUT2D eigenvalue weighted by atomic mass is 9.88. The van der Waals surface area contributed by atoms with Gasteiger partial charge in [0.2, 0.25) is 0 Å². The molecule has 0 aromatic heterocycles. The van der Waals surface area contributed by atoms with Crippen LogP contribution in [0.2, 0.25) is 0 Å². The molecular weight excluding hydrogens is 467 g/mol. The molecule has 196 valence electrons. The highest BCUT2D eigenvalue weighted by Crippen LogP contribution is 2.45. The molecule has 0 spiro atoms. The fraction of sp³-hybridized carbons (Fsp3) is 0.464. The molecule has 3 rings (SSSR count). The molecule has 36 heavy (non-hydrogen) atoms. The van der Waals surface area contributed by atoms with Crippen molar-refractivity contribution in [2.45, 2.75) is 44.8 Å². The molecule has 0 saturated carbocycles. The van der Waals surface area contributed by atoms with Crippen molar-refractivity contribution >= 4 is 12.0 Å². The van der Waals surface area contributed by atoms with Gasteiger partial charge in [-0.1, -0.05) is 32.1 Å². The SMILES string of the molecule is COCCOc1cc(C(C)C)c(C=C[C@@H]2C[C@@H](O)CC(=O)O2)c(-c2ccc(F)cc2)c1OCCOC. The lowest BCUT2D eigenvalue weighted by Gasteiger charge is -2.25. The topological polar surface area (TPSA) is 83.5 Å². The van der Waals surface area contributed by atoms with Crippen molar-refractivity contribution in [3.63, 3.8) is 0 Å². The number of carbonyl (C=O) groups is 1. The first-order valence-corrected chi connectivity index (χ1v) is 12.1. The second-order valence-electron chi connectivity index (χ2n) is 8.91. The third-order valence-corrected chi connectivity index (χ3v) is 5.82. The van der Waals surface area contributed by atoms with Gasteiger partial charge in [-0.05, 0) is 46.9 Å². The van der Waals surface area contributed by atoms with Gasteiger partial charge in [0, 0.05) is 26.2 Å². The maximum atomic E-state index is 13.8. The summed E-state index contributed by atoms with van der Waals surface area (Å²) in [7, 11) is 3.20. The minimum absolute atomic E-state index is 0.00654. The minimum atomic E-state index is -0.744. The van der Waals surface area contributed by atoms with Gasteiger partial charge >= 0.3 is 5.97 Å². The van der Waals surface area contributed by atoms with Crippen LogP contribution in [-0.4, -0.2) is 63.9 Å². The molecule has 0 amide bonds. The van der Waals surface area contributed by atoms with Crippen LogP contribution in [0.15, 0.2) is 36.4 Å². The van der Waals surface area contributed by atoms with Crippen LogP contribution in [0, 0.1) is 5.82 Å². The fourth-order valence-electron chi connectivity index (χ4n) is 4.08. The molecule has 8 heteroatoms. The van der Waals surface area contributed by atoms with Crippen molar-refractivity contribution in [2.24, 2.45) is 0 Å². The van der Waals surface area contributed by atoms with Gasteiger partial charge in [-0.2, -0.15) is 0 Å². The van der Waals surface area contributed by atoms with Gasteiger partial charge in [-0.3, -0.25) is 4.79 Å². The quantitative estimate of drug-likeness (QED) is 0.331. The zero-order valence-electron chi connectivity index (χ0n) is 21.3. The summed E-state index contributed by atoms with van der Waals surface area (Å²) in [5.41, 5.74) is 3.27. The van der Waals surface area contributed by atoms with Crippen LogP contribution in [-0.2, 0) is 19.0 Å². The number of rotatable bonds is 12. The average Bonchev–Trinajstić information content (AvgIpc) is 2.83. The van der Waals surface area contributed by atoms with Crippen LogP contribution in [0.5, 0.6) is 11.5 Å². The van der Waals surface area contributed by atoms with Gasteiger partial charge in [0.1, 0.15) is 25.1 Å². The predicted molar refractivity (Wildman–Crippen MR) is 135 cm³/mol. The van der Waals surface area contributed by atoms with E-state index in [9.17, 15) is 14.3 Å². The molecule has 1 heterocycles. The maximum Gasteiger partial charge on any atom is 0.309 e. The van der Waals surface area contributed by atoms with Crippen LogP contribution in [0.1, 0.15) is 43.7 Å². The molecule has 0 bridgehead atoms. The van der Waals surface area contributed by atoms with E-state index in [2.05, 4.69) is 13.8 Å². The van der Waals surface area contributed by atoms with Crippen LogP contribution in [0.4, 0.5) is 4.39 Å². The molecule has 0 aliphatic carbocycles. The van der Waals surface area contributed by atoms with E-state index in [1.54, 1.807) is 32.4 Å². The molecule has 1 aliphatic heterocycles. The zero-order valence-corrected chi connectivity index (χ0v) is 21.3. The highest BCUT2D eigenvalue weighted by atomic mass is 19.1. The van der Waals surface area contributed by atoms with E-state index in [4.69, 9.17) is 23.7 Å². The smallest absolute Gasteiger partial charge is 0.309 e. The first-order valence-electron chi connectivity index (χ1n) is 12.1. The molecule has 2 aromatic carbocycles. The van der Waals surface area contributed by atoms with Crippen LogP contribution in [0.25, 0.3) is 17.2 Å². The van der Waals surface area contributed by atoms with Crippen molar-refractivity contribution in [2.75, 3.05) is 40.6 Å². The van der Waals surface area contributed by atoms with E-state index >= 15 is 0 Å². The van der Waals surface area contributed by atoms with Crippen molar-refractivity contribution in [1.82, 2.24) is 0 Å². The largest absolute Gasteiger partial charge is 0.487 e. The van der Waals surface area contributed by atoms with Crippen molar-refractivity contribution in [1.29, 1.82) is 0 Å². The Hall–Kier alpha value is -2.94. The van der Waals surface area contributed by atoms with E-state index in [1.165, 1.54) is 12.1 Å². The number of hydrogen-bond acceptors (Lipinski definition) is 7. The molecule has 1 aliphatic rings. The minimum Gasteiger partial charge on any atom is -0.487 e. The number of ether oxygens (including phenoxy) is 5. The summed E-state index contributed by atoms with van der Waals surface area (Å²) in [6, 6.07) is 8.12. The second kappa shape index (κ2) is 13.4. The highest BCUT2D eigenvalue weighted by molar-refractivity contribution is 5.85. The van der Waals surface area contributed by atoms with Gasteiger partial charge in [0.05, 0.1) is 25.7 Å². The Balaban J connectivity index is 2.19. The summed E-state index contributed by atoms with van der Waals surface area (Å²) in [4.78, 5) is 11.9. The molecule has 2 aromatic rings. The normalized spacial score (nSPS) is 18.0. The van der Waals surface area contributed by atoms with Crippen molar-refractivity contribution in [3.05, 3.63) is 53.4 Å².